The highest BCUT2D eigenvalue weighted by Crippen LogP contribution is 2.39. The maximum Gasteiger partial charge on any atom is 0.393 e. The molecule has 1 aromatic carbocycles. The molecule has 0 aliphatic carbocycles. The molecule has 0 radical (unpaired) electrons. The fourth-order valence-corrected chi connectivity index (χ4v) is 3.37. The molecule has 5 nitrogen and oxygen atoms in total. The lowest BCUT2D eigenvalue weighted by atomic mass is 9.94. The van der Waals surface area contributed by atoms with Gasteiger partial charge in [-0.2, -0.15) is 13.2 Å². The van der Waals surface area contributed by atoms with Crippen LogP contribution in [0.5, 0.6) is 0 Å². The molecule has 1 aliphatic rings. The molecule has 1 fully saturated rings. The summed E-state index contributed by atoms with van der Waals surface area (Å²) in [5.41, 5.74) is 0.873. The van der Waals surface area contributed by atoms with Crippen molar-refractivity contribution in [3.05, 3.63) is 35.9 Å². The van der Waals surface area contributed by atoms with Crippen molar-refractivity contribution in [1.29, 1.82) is 0 Å². The van der Waals surface area contributed by atoms with Gasteiger partial charge >= 0.3 is 12.1 Å². The summed E-state index contributed by atoms with van der Waals surface area (Å²) in [6.07, 6.45) is -4.02. The fraction of sp³-hybridized carbons (Fsp3) is 0.556. The molecule has 1 N–H and O–H groups in total. The van der Waals surface area contributed by atoms with Crippen molar-refractivity contribution in [3.63, 3.8) is 0 Å². The maximum atomic E-state index is 13.5. The smallest absolute Gasteiger partial charge is 0.393 e. The van der Waals surface area contributed by atoms with Gasteiger partial charge in [0.15, 0.2) is 0 Å². The van der Waals surface area contributed by atoms with Gasteiger partial charge in [0, 0.05) is 26.2 Å². The van der Waals surface area contributed by atoms with E-state index in [4.69, 9.17) is 5.11 Å². The van der Waals surface area contributed by atoms with Gasteiger partial charge in [-0.3, -0.25) is 14.5 Å². The molecule has 1 aromatic rings. The molecule has 0 aromatic heterocycles. The van der Waals surface area contributed by atoms with Crippen LogP contribution in [0.2, 0.25) is 0 Å². The lowest BCUT2D eigenvalue weighted by Crippen LogP contribution is -2.45. The molecule has 2 rings (SSSR count). The number of carboxylic acids is 1. The maximum absolute atomic E-state index is 13.5. The Bertz CT molecular complexity index is 622. The third-order valence-electron chi connectivity index (χ3n) is 4.51. The number of hydrogen-bond acceptors (Lipinski definition) is 3. The molecule has 1 amide bonds. The van der Waals surface area contributed by atoms with Crippen molar-refractivity contribution >= 4 is 11.9 Å². The van der Waals surface area contributed by atoms with Crippen LogP contribution in [-0.4, -0.2) is 59.1 Å². The number of carbonyl (C=O) groups is 2. The van der Waals surface area contributed by atoms with E-state index in [-0.39, 0.29) is 19.6 Å². The molecule has 1 saturated heterocycles. The Balaban J connectivity index is 2.17. The van der Waals surface area contributed by atoms with E-state index < -0.39 is 36.4 Å². The van der Waals surface area contributed by atoms with Gasteiger partial charge in [0.25, 0.3) is 0 Å². The lowest BCUT2D eigenvalue weighted by Gasteiger charge is -2.27. The number of carboxylic acid groups (broad SMARTS) is 1. The number of aliphatic carboxylic acids is 1. The van der Waals surface area contributed by atoms with E-state index in [2.05, 4.69) is 0 Å². The minimum absolute atomic E-state index is 0.0300. The summed E-state index contributed by atoms with van der Waals surface area (Å²) < 4.78 is 40.4. The van der Waals surface area contributed by atoms with E-state index in [0.717, 1.165) is 10.5 Å². The number of alkyl halides is 3. The van der Waals surface area contributed by atoms with E-state index in [1.807, 2.05) is 30.3 Å². The topological polar surface area (TPSA) is 60.9 Å². The first-order chi connectivity index (χ1) is 12.2. The quantitative estimate of drug-likeness (QED) is 0.799. The second-order valence-corrected chi connectivity index (χ2v) is 6.59. The fourth-order valence-electron chi connectivity index (χ4n) is 3.37. The zero-order chi connectivity index (χ0) is 19.3. The number of carbonyl (C=O) groups excluding carboxylic acids is 1. The average Bonchev–Trinajstić information content (AvgIpc) is 2.98. The Morgan fingerprint density at radius 3 is 2.42 bits per heavy atom. The van der Waals surface area contributed by atoms with Gasteiger partial charge < -0.3 is 10.0 Å². The summed E-state index contributed by atoms with van der Waals surface area (Å²) in [5, 5.41) is 8.95. The molecule has 0 spiro atoms. The largest absolute Gasteiger partial charge is 0.480 e. The van der Waals surface area contributed by atoms with Crippen molar-refractivity contribution in [1.82, 2.24) is 9.80 Å². The summed E-state index contributed by atoms with van der Waals surface area (Å²) in [4.78, 5) is 26.3. The minimum Gasteiger partial charge on any atom is -0.480 e. The van der Waals surface area contributed by atoms with E-state index in [1.165, 1.54) is 0 Å². The van der Waals surface area contributed by atoms with Gasteiger partial charge in [-0.15, -0.1) is 0 Å². The molecule has 0 bridgehead atoms. The van der Waals surface area contributed by atoms with Gasteiger partial charge in [0.05, 0.1) is 11.8 Å². The number of halogens is 3. The number of benzene rings is 1. The van der Waals surface area contributed by atoms with Crippen LogP contribution in [0.3, 0.4) is 0 Å². The van der Waals surface area contributed by atoms with Gasteiger partial charge in [0.2, 0.25) is 5.91 Å². The molecule has 144 valence electrons. The van der Waals surface area contributed by atoms with Crippen molar-refractivity contribution in [2.75, 3.05) is 26.2 Å². The van der Waals surface area contributed by atoms with Gasteiger partial charge in [-0.05, 0) is 12.0 Å². The van der Waals surface area contributed by atoms with E-state index in [9.17, 15) is 22.8 Å². The van der Waals surface area contributed by atoms with E-state index in [0.29, 0.717) is 13.0 Å². The van der Waals surface area contributed by atoms with Crippen molar-refractivity contribution in [3.8, 4) is 0 Å². The number of rotatable bonds is 7. The highest BCUT2D eigenvalue weighted by molar-refractivity contribution is 5.83. The highest BCUT2D eigenvalue weighted by atomic mass is 19.4. The SMILES string of the molecule is CCCN(CC(=O)O)C(=O)[C@@H]1CN(Cc2ccccc2)C[C@H]1C(F)(F)F. The third-order valence-corrected chi connectivity index (χ3v) is 4.51. The summed E-state index contributed by atoms with van der Waals surface area (Å²) in [6.45, 7) is 1.33. The van der Waals surface area contributed by atoms with E-state index >= 15 is 0 Å². The standard InChI is InChI=1S/C18H23F3N2O3/c1-2-8-23(12-16(24)25)17(26)14-10-22(11-15(14)18(19,20)21)9-13-6-4-3-5-7-13/h3-7,14-15H,2,8-12H2,1H3,(H,24,25)/t14-,15-/m1/s1. The molecule has 26 heavy (non-hydrogen) atoms. The van der Waals surface area contributed by atoms with Crippen molar-refractivity contribution in [2.24, 2.45) is 11.8 Å². The predicted molar refractivity (Wildman–Crippen MR) is 89.3 cm³/mol. The zero-order valence-electron chi connectivity index (χ0n) is 14.6. The molecule has 0 saturated carbocycles. The average molecular weight is 372 g/mol. The molecule has 1 heterocycles. The molecule has 2 atom stereocenters. The zero-order valence-corrected chi connectivity index (χ0v) is 14.6. The Morgan fingerprint density at radius 2 is 1.88 bits per heavy atom. The van der Waals surface area contributed by atoms with Crippen molar-refractivity contribution < 1.29 is 27.9 Å². The molecular formula is C18H23F3N2O3. The summed E-state index contributed by atoms with van der Waals surface area (Å²) >= 11 is 0. The molecule has 1 aliphatic heterocycles. The van der Waals surface area contributed by atoms with Gasteiger partial charge in [-0.25, -0.2) is 0 Å². The van der Waals surface area contributed by atoms with Gasteiger partial charge in [0.1, 0.15) is 6.54 Å². The summed E-state index contributed by atoms with van der Waals surface area (Å²) in [7, 11) is 0. The predicted octanol–water partition coefficient (Wildman–Crippen LogP) is 2.62. The van der Waals surface area contributed by atoms with E-state index in [1.54, 1.807) is 11.8 Å². The number of amides is 1. The molecule has 0 unspecified atom stereocenters. The van der Waals surface area contributed by atoms with Crippen LogP contribution in [0.4, 0.5) is 13.2 Å². The van der Waals surface area contributed by atoms with Crippen molar-refractivity contribution in [2.45, 2.75) is 26.1 Å². The first-order valence-electron chi connectivity index (χ1n) is 8.56. The van der Waals surface area contributed by atoms with Gasteiger partial charge in [-0.1, -0.05) is 37.3 Å². The summed E-state index contributed by atoms with van der Waals surface area (Å²) in [5.74, 6) is -5.02. The highest BCUT2D eigenvalue weighted by Gasteiger charge is 2.53. The van der Waals surface area contributed by atoms with Crippen LogP contribution < -0.4 is 0 Å². The second kappa shape index (κ2) is 8.53. The number of nitrogens with zero attached hydrogens (tertiary/aromatic N) is 2. The molecular weight excluding hydrogens is 349 g/mol. The first kappa shape index (κ1) is 20.2. The van der Waals surface area contributed by atoms with Crippen LogP contribution in [-0.2, 0) is 16.1 Å². The van der Waals surface area contributed by atoms with Crippen LogP contribution in [0.1, 0.15) is 18.9 Å². The Labute approximate surface area is 150 Å². The second-order valence-electron chi connectivity index (χ2n) is 6.59. The van der Waals surface area contributed by atoms with Crippen LogP contribution in [0.15, 0.2) is 30.3 Å². The minimum atomic E-state index is -4.51. The van der Waals surface area contributed by atoms with Crippen LogP contribution in [0.25, 0.3) is 0 Å². The first-order valence-corrected chi connectivity index (χ1v) is 8.56. The normalized spacial score (nSPS) is 20.9. The monoisotopic (exact) mass is 372 g/mol. The number of hydrogen-bond donors (Lipinski definition) is 1. The van der Waals surface area contributed by atoms with Crippen LogP contribution >= 0.6 is 0 Å². The van der Waals surface area contributed by atoms with Crippen LogP contribution in [0, 0.1) is 11.8 Å². The Morgan fingerprint density at radius 1 is 1.23 bits per heavy atom. The summed E-state index contributed by atoms with van der Waals surface area (Å²) in [6, 6.07) is 9.10. The molecule has 8 heteroatoms. The Hall–Kier alpha value is -2.09. The Kier molecular flexibility index (Phi) is 6.63. The number of likely N-dealkylation sites (tertiary alicyclic amines) is 1. The lowest BCUT2D eigenvalue weighted by molar-refractivity contribution is -0.186. The third kappa shape index (κ3) is 5.20.